The summed E-state index contributed by atoms with van der Waals surface area (Å²) >= 11 is 0. The van der Waals surface area contributed by atoms with Crippen LogP contribution in [0.5, 0.6) is 0 Å². The monoisotopic (exact) mass is 283 g/mol. The number of methoxy groups -OCH3 is 1. The number of rotatable bonds is 3. The SMILES string of the molecule is COC(=O)Cc1cc(C(F)(F)F)c(C)c(C(F)F)n1. The molecule has 1 aromatic rings. The fourth-order valence-corrected chi connectivity index (χ4v) is 1.50. The lowest BCUT2D eigenvalue weighted by molar-refractivity contribution is -0.141. The Labute approximate surface area is 105 Å². The summed E-state index contributed by atoms with van der Waals surface area (Å²) in [6.45, 7) is 0.916. The first-order valence-corrected chi connectivity index (χ1v) is 5.09. The average molecular weight is 283 g/mol. The van der Waals surface area contributed by atoms with Gasteiger partial charge in [-0.25, -0.2) is 8.78 Å². The Morgan fingerprint density at radius 2 is 2.00 bits per heavy atom. The number of esters is 1. The molecule has 1 rings (SSSR count). The van der Waals surface area contributed by atoms with E-state index in [1.54, 1.807) is 0 Å². The minimum Gasteiger partial charge on any atom is -0.469 e. The van der Waals surface area contributed by atoms with Crippen LogP contribution in [0.4, 0.5) is 22.0 Å². The van der Waals surface area contributed by atoms with Crippen molar-refractivity contribution in [3.63, 3.8) is 0 Å². The van der Waals surface area contributed by atoms with Gasteiger partial charge in [0.2, 0.25) is 0 Å². The number of halogens is 5. The van der Waals surface area contributed by atoms with E-state index in [2.05, 4.69) is 9.72 Å². The van der Waals surface area contributed by atoms with Gasteiger partial charge >= 0.3 is 12.1 Å². The number of aromatic nitrogens is 1. The Hall–Kier alpha value is -1.73. The van der Waals surface area contributed by atoms with Crippen LogP contribution in [-0.4, -0.2) is 18.1 Å². The molecule has 8 heteroatoms. The van der Waals surface area contributed by atoms with Crippen molar-refractivity contribution in [2.24, 2.45) is 0 Å². The Morgan fingerprint density at radius 1 is 1.42 bits per heavy atom. The molecule has 0 bridgehead atoms. The van der Waals surface area contributed by atoms with Crippen LogP contribution < -0.4 is 0 Å². The van der Waals surface area contributed by atoms with E-state index >= 15 is 0 Å². The largest absolute Gasteiger partial charge is 0.469 e. The highest BCUT2D eigenvalue weighted by atomic mass is 19.4. The predicted octanol–water partition coefficient (Wildman–Crippen LogP) is 3.06. The molecular weight excluding hydrogens is 273 g/mol. The highest BCUT2D eigenvalue weighted by Crippen LogP contribution is 2.35. The van der Waals surface area contributed by atoms with Crippen LogP contribution >= 0.6 is 0 Å². The molecule has 0 saturated heterocycles. The fourth-order valence-electron chi connectivity index (χ4n) is 1.50. The summed E-state index contributed by atoms with van der Waals surface area (Å²) < 4.78 is 67.7. The molecule has 3 nitrogen and oxygen atoms in total. The minimum absolute atomic E-state index is 0.403. The smallest absolute Gasteiger partial charge is 0.416 e. The lowest BCUT2D eigenvalue weighted by Crippen LogP contribution is -2.15. The van der Waals surface area contributed by atoms with Gasteiger partial charge in [-0.3, -0.25) is 9.78 Å². The molecule has 0 saturated carbocycles. The number of ether oxygens (including phenoxy) is 1. The van der Waals surface area contributed by atoms with E-state index in [1.807, 2.05) is 0 Å². The van der Waals surface area contributed by atoms with Crippen molar-refractivity contribution in [1.82, 2.24) is 4.98 Å². The van der Waals surface area contributed by atoms with Gasteiger partial charge < -0.3 is 4.74 Å². The van der Waals surface area contributed by atoms with E-state index in [-0.39, 0.29) is 0 Å². The molecule has 1 heterocycles. The molecule has 0 radical (unpaired) electrons. The molecule has 0 amide bonds. The predicted molar refractivity (Wildman–Crippen MR) is 54.7 cm³/mol. The molecule has 106 valence electrons. The summed E-state index contributed by atoms with van der Waals surface area (Å²) in [5.41, 5.74) is -3.25. The summed E-state index contributed by atoms with van der Waals surface area (Å²) in [6.07, 6.45) is -8.54. The van der Waals surface area contributed by atoms with Crippen molar-refractivity contribution in [3.8, 4) is 0 Å². The van der Waals surface area contributed by atoms with Crippen molar-refractivity contribution >= 4 is 5.97 Å². The van der Waals surface area contributed by atoms with Crippen LogP contribution in [0, 0.1) is 6.92 Å². The highest BCUT2D eigenvalue weighted by Gasteiger charge is 2.35. The zero-order valence-corrected chi connectivity index (χ0v) is 10.0. The van der Waals surface area contributed by atoms with E-state index < -0.39 is 47.5 Å². The number of hydrogen-bond acceptors (Lipinski definition) is 3. The molecule has 0 aliphatic rings. The van der Waals surface area contributed by atoms with Crippen molar-refractivity contribution < 1.29 is 31.5 Å². The van der Waals surface area contributed by atoms with E-state index in [4.69, 9.17) is 0 Å². The molecule has 0 unspecified atom stereocenters. The second kappa shape index (κ2) is 5.50. The number of pyridine rings is 1. The van der Waals surface area contributed by atoms with E-state index in [0.717, 1.165) is 14.0 Å². The van der Waals surface area contributed by atoms with Gasteiger partial charge in [0.25, 0.3) is 6.43 Å². The lowest BCUT2D eigenvalue weighted by Gasteiger charge is -2.15. The van der Waals surface area contributed by atoms with Crippen molar-refractivity contribution in [2.75, 3.05) is 7.11 Å². The third-order valence-corrected chi connectivity index (χ3v) is 2.43. The summed E-state index contributed by atoms with van der Waals surface area (Å²) in [5, 5.41) is 0. The van der Waals surface area contributed by atoms with Crippen molar-refractivity contribution in [3.05, 3.63) is 28.6 Å². The van der Waals surface area contributed by atoms with E-state index in [1.165, 1.54) is 0 Å². The Kier molecular flexibility index (Phi) is 4.43. The van der Waals surface area contributed by atoms with Crippen molar-refractivity contribution in [1.29, 1.82) is 0 Å². The lowest BCUT2D eigenvalue weighted by atomic mass is 10.0. The van der Waals surface area contributed by atoms with Gasteiger partial charge in [-0.15, -0.1) is 0 Å². The van der Waals surface area contributed by atoms with Crippen LogP contribution in [0.3, 0.4) is 0 Å². The van der Waals surface area contributed by atoms with E-state index in [9.17, 15) is 26.7 Å². The van der Waals surface area contributed by atoms with Gasteiger partial charge in [-0.2, -0.15) is 13.2 Å². The van der Waals surface area contributed by atoms with Gasteiger partial charge in [0.05, 0.1) is 24.8 Å². The maximum Gasteiger partial charge on any atom is 0.416 e. The van der Waals surface area contributed by atoms with Crippen LogP contribution in [0.2, 0.25) is 0 Å². The first-order valence-electron chi connectivity index (χ1n) is 5.09. The van der Waals surface area contributed by atoms with Crippen LogP contribution in [0.15, 0.2) is 6.07 Å². The molecule has 0 fully saturated rings. The molecular formula is C11H10F5NO2. The first kappa shape index (κ1) is 15.3. The number of alkyl halides is 5. The Balaban J connectivity index is 3.35. The molecule has 0 aliphatic heterocycles. The second-order valence-electron chi connectivity index (χ2n) is 3.72. The van der Waals surface area contributed by atoms with Crippen LogP contribution in [0.1, 0.15) is 28.9 Å². The molecule has 0 N–H and O–H groups in total. The van der Waals surface area contributed by atoms with Gasteiger partial charge in [-0.1, -0.05) is 0 Å². The third-order valence-electron chi connectivity index (χ3n) is 2.43. The summed E-state index contributed by atoms with van der Waals surface area (Å²) in [4.78, 5) is 14.4. The molecule has 0 aliphatic carbocycles. The topological polar surface area (TPSA) is 39.2 Å². The van der Waals surface area contributed by atoms with Gasteiger partial charge in [0, 0.05) is 0 Å². The van der Waals surface area contributed by atoms with Crippen LogP contribution in [0.25, 0.3) is 0 Å². The number of carbonyl (C=O) groups is 1. The number of hydrogen-bond donors (Lipinski definition) is 0. The van der Waals surface area contributed by atoms with Gasteiger partial charge in [0.1, 0.15) is 5.69 Å². The third kappa shape index (κ3) is 3.62. The maximum absolute atomic E-state index is 12.7. The Bertz CT molecular complexity index is 485. The summed E-state index contributed by atoms with van der Waals surface area (Å²) in [5.74, 6) is -0.857. The van der Waals surface area contributed by atoms with Gasteiger partial charge in [0.15, 0.2) is 0 Å². The molecule has 0 atom stereocenters. The zero-order valence-electron chi connectivity index (χ0n) is 10.0. The molecule has 0 aromatic carbocycles. The second-order valence-corrected chi connectivity index (χ2v) is 3.72. The molecule has 0 spiro atoms. The average Bonchev–Trinajstić information content (AvgIpc) is 2.29. The number of nitrogens with zero attached hydrogens (tertiary/aromatic N) is 1. The zero-order chi connectivity index (χ0) is 14.8. The fraction of sp³-hybridized carbons (Fsp3) is 0.455. The molecule has 1 aromatic heterocycles. The number of carbonyl (C=O) groups excluding carboxylic acids is 1. The summed E-state index contributed by atoms with van der Waals surface area (Å²) in [6, 6.07) is 0.581. The van der Waals surface area contributed by atoms with Crippen molar-refractivity contribution in [2.45, 2.75) is 25.9 Å². The Morgan fingerprint density at radius 3 is 2.42 bits per heavy atom. The van der Waals surface area contributed by atoms with Crippen LogP contribution in [-0.2, 0) is 22.1 Å². The first-order chi connectivity index (χ1) is 8.66. The standard InChI is InChI=1S/C11H10F5NO2/c1-5-7(11(14,15)16)3-6(4-8(18)19-2)17-9(5)10(12)13/h3,10H,4H2,1-2H3. The minimum atomic E-state index is -4.79. The quantitative estimate of drug-likeness (QED) is 0.632. The molecule has 19 heavy (non-hydrogen) atoms. The summed E-state index contributed by atoms with van der Waals surface area (Å²) in [7, 11) is 1.04. The van der Waals surface area contributed by atoms with Gasteiger partial charge in [-0.05, 0) is 18.6 Å². The normalized spacial score (nSPS) is 11.8. The maximum atomic E-state index is 12.7. The highest BCUT2D eigenvalue weighted by molar-refractivity contribution is 5.71. The van der Waals surface area contributed by atoms with E-state index in [0.29, 0.717) is 6.07 Å².